The Labute approximate surface area is 112 Å². The summed E-state index contributed by atoms with van der Waals surface area (Å²) in [5.41, 5.74) is 2.06. The first-order valence-corrected chi connectivity index (χ1v) is 6.72. The van der Waals surface area contributed by atoms with E-state index in [1.807, 2.05) is 24.4 Å². The number of fused-ring (bicyclic) bond motifs is 1. The number of phenolic OH excluding ortho intramolecular Hbond substituents is 1. The van der Waals surface area contributed by atoms with Crippen LogP contribution in [0, 0.1) is 0 Å². The molecule has 19 heavy (non-hydrogen) atoms. The van der Waals surface area contributed by atoms with Gasteiger partial charge in [0, 0.05) is 23.9 Å². The molecular formula is C15H18N2O2. The molecule has 1 aliphatic rings. The van der Waals surface area contributed by atoms with E-state index in [1.54, 1.807) is 6.07 Å². The van der Waals surface area contributed by atoms with Crippen LogP contribution in [-0.4, -0.2) is 26.4 Å². The summed E-state index contributed by atoms with van der Waals surface area (Å²) in [5, 5.41) is 19.4. The number of imidazole rings is 1. The lowest BCUT2D eigenvalue weighted by molar-refractivity contribution is 0.204. The highest BCUT2D eigenvalue weighted by atomic mass is 16.3. The molecule has 4 nitrogen and oxygen atoms in total. The van der Waals surface area contributed by atoms with Crippen molar-refractivity contribution in [2.75, 3.05) is 6.61 Å². The van der Waals surface area contributed by atoms with Crippen molar-refractivity contribution in [1.29, 1.82) is 0 Å². The SMILES string of the molecule is OCC1CCCc2cnc(Cc3ccccc3O)n21. The van der Waals surface area contributed by atoms with Crippen molar-refractivity contribution in [2.45, 2.75) is 31.7 Å². The minimum absolute atomic E-state index is 0.132. The molecule has 0 fully saturated rings. The Morgan fingerprint density at radius 3 is 2.95 bits per heavy atom. The Bertz CT molecular complexity index is 577. The average molecular weight is 258 g/mol. The zero-order valence-corrected chi connectivity index (χ0v) is 10.8. The maximum atomic E-state index is 9.85. The maximum Gasteiger partial charge on any atom is 0.119 e. The Morgan fingerprint density at radius 2 is 2.16 bits per heavy atom. The molecule has 1 atom stereocenters. The van der Waals surface area contributed by atoms with Gasteiger partial charge in [0.15, 0.2) is 0 Å². The second-order valence-corrected chi connectivity index (χ2v) is 5.07. The number of benzene rings is 1. The summed E-state index contributed by atoms with van der Waals surface area (Å²) >= 11 is 0. The van der Waals surface area contributed by atoms with Crippen LogP contribution in [0.15, 0.2) is 30.5 Å². The predicted molar refractivity (Wildman–Crippen MR) is 72.2 cm³/mol. The first-order chi connectivity index (χ1) is 9.29. The molecule has 3 rings (SSSR count). The van der Waals surface area contributed by atoms with E-state index >= 15 is 0 Å². The minimum atomic E-state index is 0.132. The highest BCUT2D eigenvalue weighted by molar-refractivity contribution is 5.34. The van der Waals surface area contributed by atoms with E-state index < -0.39 is 0 Å². The van der Waals surface area contributed by atoms with Crippen LogP contribution in [0.3, 0.4) is 0 Å². The summed E-state index contributed by atoms with van der Waals surface area (Å²) in [6, 6.07) is 7.47. The largest absolute Gasteiger partial charge is 0.508 e. The van der Waals surface area contributed by atoms with Crippen LogP contribution < -0.4 is 0 Å². The molecular weight excluding hydrogens is 240 g/mol. The van der Waals surface area contributed by atoms with Gasteiger partial charge in [0.05, 0.1) is 12.6 Å². The highest BCUT2D eigenvalue weighted by Crippen LogP contribution is 2.28. The molecule has 0 radical (unpaired) electrons. The predicted octanol–water partition coefficient (Wildman–Crippen LogP) is 2.05. The van der Waals surface area contributed by atoms with E-state index in [9.17, 15) is 10.2 Å². The molecule has 0 saturated heterocycles. The number of para-hydroxylation sites is 1. The van der Waals surface area contributed by atoms with E-state index in [-0.39, 0.29) is 12.6 Å². The molecule has 1 aromatic heterocycles. The second-order valence-electron chi connectivity index (χ2n) is 5.07. The summed E-state index contributed by atoms with van der Waals surface area (Å²) in [7, 11) is 0. The van der Waals surface area contributed by atoms with Crippen molar-refractivity contribution in [3.05, 3.63) is 47.5 Å². The fraction of sp³-hybridized carbons (Fsp3) is 0.400. The third-order valence-corrected chi connectivity index (χ3v) is 3.84. The van der Waals surface area contributed by atoms with Gasteiger partial charge in [-0.15, -0.1) is 0 Å². The third-order valence-electron chi connectivity index (χ3n) is 3.84. The third kappa shape index (κ3) is 2.24. The molecule has 0 spiro atoms. The first kappa shape index (κ1) is 12.2. The molecule has 1 aromatic carbocycles. The molecule has 2 heterocycles. The number of nitrogens with zero attached hydrogens (tertiary/aromatic N) is 2. The van der Waals surface area contributed by atoms with Gasteiger partial charge >= 0.3 is 0 Å². The van der Waals surface area contributed by atoms with Crippen molar-refractivity contribution in [3.8, 4) is 5.75 Å². The van der Waals surface area contributed by atoms with Gasteiger partial charge < -0.3 is 14.8 Å². The highest BCUT2D eigenvalue weighted by Gasteiger charge is 2.22. The summed E-state index contributed by atoms with van der Waals surface area (Å²) in [6.45, 7) is 0.150. The number of aryl methyl sites for hydroxylation is 1. The van der Waals surface area contributed by atoms with Crippen LogP contribution in [-0.2, 0) is 12.8 Å². The number of hydrogen-bond donors (Lipinski definition) is 2. The van der Waals surface area contributed by atoms with Crippen LogP contribution in [0.4, 0.5) is 0 Å². The van der Waals surface area contributed by atoms with Gasteiger partial charge in [0.2, 0.25) is 0 Å². The number of rotatable bonds is 3. The fourth-order valence-electron chi connectivity index (χ4n) is 2.85. The van der Waals surface area contributed by atoms with Crippen LogP contribution >= 0.6 is 0 Å². The smallest absolute Gasteiger partial charge is 0.119 e. The van der Waals surface area contributed by atoms with Crippen molar-refractivity contribution in [3.63, 3.8) is 0 Å². The number of aliphatic hydroxyl groups is 1. The monoisotopic (exact) mass is 258 g/mol. The molecule has 0 amide bonds. The van der Waals surface area contributed by atoms with Gasteiger partial charge in [-0.05, 0) is 25.3 Å². The second kappa shape index (κ2) is 5.05. The normalized spacial score (nSPS) is 18.3. The summed E-state index contributed by atoms with van der Waals surface area (Å²) in [6.07, 6.45) is 5.62. The molecule has 1 unspecified atom stereocenters. The quantitative estimate of drug-likeness (QED) is 0.886. The van der Waals surface area contributed by atoms with Gasteiger partial charge in [-0.25, -0.2) is 4.98 Å². The van der Waals surface area contributed by atoms with E-state index in [0.29, 0.717) is 12.2 Å². The van der Waals surface area contributed by atoms with Crippen molar-refractivity contribution >= 4 is 0 Å². The van der Waals surface area contributed by atoms with Crippen molar-refractivity contribution < 1.29 is 10.2 Å². The van der Waals surface area contributed by atoms with Crippen LogP contribution in [0.1, 0.15) is 36.0 Å². The first-order valence-electron chi connectivity index (χ1n) is 6.72. The molecule has 0 bridgehead atoms. The van der Waals surface area contributed by atoms with E-state index in [2.05, 4.69) is 9.55 Å². The van der Waals surface area contributed by atoms with E-state index in [1.165, 1.54) is 5.69 Å². The molecule has 1 aliphatic heterocycles. The standard InChI is InChI=1S/C15H18N2O2/c18-10-13-6-3-5-12-9-16-15(17(12)13)8-11-4-1-2-7-14(11)19/h1-2,4,7,9,13,18-19H,3,5-6,8,10H2. The van der Waals surface area contributed by atoms with Crippen molar-refractivity contribution in [1.82, 2.24) is 9.55 Å². The number of hydrogen-bond acceptors (Lipinski definition) is 3. The van der Waals surface area contributed by atoms with Gasteiger partial charge in [-0.3, -0.25) is 0 Å². The van der Waals surface area contributed by atoms with E-state index in [4.69, 9.17) is 0 Å². The number of aromatic nitrogens is 2. The number of aromatic hydroxyl groups is 1. The Kier molecular flexibility index (Phi) is 3.25. The topological polar surface area (TPSA) is 58.3 Å². The van der Waals surface area contributed by atoms with Gasteiger partial charge in [-0.2, -0.15) is 0 Å². The van der Waals surface area contributed by atoms with Crippen LogP contribution in [0.25, 0.3) is 0 Å². The molecule has 4 heteroatoms. The van der Waals surface area contributed by atoms with Crippen LogP contribution in [0.2, 0.25) is 0 Å². The molecule has 2 aromatic rings. The Balaban J connectivity index is 1.94. The zero-order valence-electron chi connectivity index (χ0n) is 10.8. The Morgan fingerprint density at radius 1 is 1.32 bits per heavy atom. The van der Waals surface area contributed by atoms with Gasteiger partial charge in [0.25, 0.3) is 0 Å². The van der Waals surface area contributed by atoms with Crippen molar-refractivity contribution in [2.24, 2.45) is 0 Å². The Hall–Kier alpha value is -1.81. The molecule has 2 N–H and O–H groups in total. The lowest BCUT2D eigenvalue weighted by atomic mass is 10.0. The minimum Gasteiger partial charge on any atom is -0.508 e. The van der Waals surface area contributed by atoms with Gasteiger partial charge in [0.1, 0.15) is 11.6 Å². The number of phenols is 1. The lowest BCUT2D eigenvalue weighted by Gasteiger charge is -2.25. The maximum absolute atomic E-state index is 9.85. The summed E-state index contributed by atoms with van der Waals surface area (Å²) in [5.74, 6) is 1.23. The molecule has 0 saturated carbocycles. The summed E-state index contributed by atoms with van der Waals surface area (Å²) in [4.78, 5) is 4.47. The molecule has 0 aliphatic carbocycles. The van der Waals surface area contributed by atoms with Gasteiger partial charge in [-0.1, -0.05) is 18.2 Å². The summed E-state index contributed by atoms with van der Waals surface area (Å²) < 4.78 is 2.15. The van der Waals surface area contributed by atoms with E-state index in [0.717, 1.165) is 30.7 Å². The fourth-order valence-corrected chi connectivity index (χ4v) is 2.85. The number of aliphatic hydroxyl groups excluding tert-OH is 1. The van der Waals surface area contributed by atoms with Crippen LogP contribution in [0.5, 0.6) is 5.75 Å². The molecule has 100 valence electrons. The zero-order chi connectivity index (χ0) is 13.2. The average Bonchev–Trinajstić information content (AvgIpc) is 2.85. The lowest BCUT2D eigenvalue weighted by Crippen LogP contribution is -2.22.